The lowest BCUT2D eigenvalue weighted by Gasteiger charge is -2.37. The fraction of sp³-hybridized carbons (Fsp3) is 0.600. The van der Waals surface area contributed by atoms with Gasteiger partial charge in [0, 0.05) is 24.8 Å². The second-order valence-corrected chi connectivity index (χ2v) is 12.0. The number of hydrogen-bond acceptors (Lipinski definition) is 6. The SMILES string of the molecule is CC1(C)CCc2sc(NC(=O)C3=C(C(=O)O)C4CCC3CC4)c(-c3nc(C4CC4)no3)c2C1.[HH].[HH]. The van der Waals surface area contributed by atoms with E-state index in [4.69, 9.17) is 9.51 Å². The van der Waals surface area contributed by atoms with Gasteiger partial charge in [-0.05, 0) is 80.6 Å². The van der Waals surface area contributed by atoms with E-state index in [0.717, 1.165) is 69.2 Å². The Bertz CT molecular complexity index is 1190. The van der Waals surface area contributed by atoms with Crippen LogP contribution in [-0.2, 0) is 22.4 Å². The van der Waals surface area contributed by atoms with Crippen LogP contribution in [0.5, 0.6) is 0 Å². The van der Waals surface area contributed by atoms with Crippen molar-refractivity contribution in [3.63, 3.8) is 0 Å². The number of rotatable bonds is 5. The predicted octanol–water partition coefficient (Wildman–Crippen LogP) is 5.82. The van der Waals surface area contributed by atoms with Crippen LogP contribution >= 0.6 is 11.3 Å². The average Bonchev–Trinajstić information content (AvgIpc) is 3.43. The number of nitrogens with zero attached hydrogens (tertiary/aromatic N) is 2. The second kappa shape index (κ2) is 7.52. The van der Waals surface area contributed by atoms with E-state index in [-0.39, 0.29) is 26.0 Å². The molecule has 2 heterocycles. The summed E-state index contributed by atoms with van der Waals surface area (Å²) in [6, 6.07) is 0. The van der Waals surface area contributed by atoms with Crippen molar-refractivity contribution in [2.75, 3.05) is 5.32 Å². The normalized spacial score (nSPS) is 25.8. The van der Waals surface area contributed by atoms with Gasteiger partial charge in [-0.1, -0.05) is 19.0 Å². The van der Waals surface area contributed by atoms with E-state index >= 15 is 0 Å². The summed E-state index contributed by atoms with van der Waals surface area (Å²) in [7, 11) is 0. The van der Waals surface area contributed by atoms with Crippen molar-refractivity contribution in [1.29, 1.82) is 0 Å². The summed E-state index contributed by atoms with van der Waals surface area (Å²) in [5.74, 6) is 0.395. The predicted molar refractivity (Wildman–Crippen MR) is 128 cm³/mol. The Hall–Kier alpha value is -2.48. The highest BCUT2D eigenvalue weighted by Crippen LogP contribution is 2.50. The molecule has 2 bridgehead atoms. The number of amides is 1. The maximum atomic E-state index is 13.5. The van der Waals surface area contributed by atoms with E-state index in [1.165, 1.54) is 10.4 Å². The monoisotopic (exact) mass is 471 g/mol. The lowest BCUT2D eigenvalue weighted by Crippen LogP contribution is -2.35. The van der Waals surface area contributed by atoms with Gasteiger partial charge in [0.05, 0.1) is 5.56 Å². The summed E-state index contributed by atoms with van der Waals surface area (Å²) in [6.07, 6.45) is 8.61. The van der Waals surface area contributed by atoms with Crippen LogP contribution in [-0.4, -0.2) is 27.1 Å². The van der Waals surface area contributed by atoms with Crippen LogP contribution in [0.25, 0.3) is 11.5 Å². The molecule has 7 nitrogen and oxygen atoms in total. The highest BCUT2D eigenvalue weighted by molar-refractivity contribution is 7.17. The minimum atomic E-state index is -0.951. The molecule has 0 atom stereocenters. The largest absolute Gasteiger partial charge is 0.478 e. The van der Waals surface area contributed by atoms with Crippen LogP contribution in [0.2, 0.25) is 0 Å². The molecule has 2 aromatic rings. The maximum Gasteiger partial charge on any atom is 0.332 e. The summed E-state index contributed by atoms with van der Waals surface area (Å²) in [6.45, 7) is 4.53. The number of carbonyl (C=O) groups is 2. The standard InChI is InChI=1S/C25H29N3O4S.2H2/c1-25(2)10-9-16-15(11-25)19(22-26-20(28-32-22)14-7-8-14)23(33-16)27-21(29)17-12-3-5-13(6-4-12)18(17)24(30)31;;/h12-14H,3-11H2,1-2H3,(H,27,29)(H,30,31);2*1H. The van der Waals surface area contributed by atoms with Crippen LogP contribution in [0.1, 0.15) is 83.8 Å². The molecule has 2 aromatic heterocycles. The molecule has 0 aromatic carbocycles. The zero-order valence-electron chi connectivity index (χ0n) is 19.1. The van der Waals surface area contributed by atoms with E-state index in [1.54, 1.807) is 11.3 Å². The molecular formula is C25H33N3O4S. The molecule has 2 N–H and O–H groups in total. The number of anilines is 1. The molecule has 0 unspecified atom stereocenters. The van der Waals surface area contributed by atoms with Crippen molar-refractivity contribution in [3.05, 3.63) is 27.4 Å². The lowest BCUT2D eigenvalue weighted by atomic mass is 9.66. The lowest BCUT2D eigenvalue weighted by molar-refractivity contribution is -0.134. The first-order valence-corrected chi connectivity index (χ1v) is 12.9. The second-order valence-electron chi connectivity index (χ2n) is 10.9. The molecule has 2 saturated carbocycles. The van der Waals surface area contributed by atoms with Crippen molar-refractivity contribution in [3.8, 4) is 11.5 Å². The smallest absolute Gasteiger partial charge is 0.332 e. The first kappa shape index (κ1) is 21.1. The summed E-state index contributed by atoms with van der Waals surface area (Å²) in [4.78, 5) is 31.5. The number of aromatic nitrogens is 2. The van der Waals surface area contributed by atoms with Gasteiger partial charge in [-0.15, -0.1) is 11.3 Å². The van der Waals surface area contributed by atoms with E-state index in [0.29, 0.717) is 28.0 Å². The van der Waals surface area contributed by atoms with Gasteiger partial charge in [0.2, 0.25) is 0 Å². The van der Waals surface area contributed by atoms with E-state index in [1.807, 2.05) is 0 Å². The first-order valence-electron chi connectivity index (χ1n) is 12.1. The third-order valence-corrected chi connectivity index (χ3v) is 9.12. The number of carboxylic acid groups (broad SMARTS) is 1. The Morgan fingerprint density at radius 3 is 2.42 bits per heavy atom. The molecular weight excluding hydrogens is 438 g/mol. The summed E-state index contributed by atoms with van der Waals surface area (Å²) < 4.78 is 5.71. The Labute approximate surface area is 199 Å². The molecule has 33 heavy (non-hydrogen) atoms. The van der Waals surface area contributed by atoms with Gasteiger partial charge in [-0.2, -0.15) is 4.98 Å². The van der Waals surface area contributed by atoms with E-state index in [9.17, 15) is 14.7 Å². The molecule has 8 heteroatoms. The molecule has 1 amide bonds. The topological polar surface area (TPSA) is 105 Å². The molecule has 5 aliphatic rings. The summed E-state index contributed by atoms with van der Waals surface area (Å²) >= 11 is 1.58. The Morgan fingerprint density at radius 2 is 1.76 bits per heavy atom. The number of thiophene rings is 1. The van der Waals surface area contributed by atoms with Crippen LogP contribution in [0, 0.1) is 17.3 Å². The highest BCUT2D eigenvalue weighted by Gasteiger charge is 2.42. The van der Waals surface area contributed by atoms with Crippen molar-refractivity contribution in [1.82, 2.24) is 10.1 Å². The van der Waals surface area contributed by atoms with Gasteiger partial charge in [-0.25, -0.2) is 4.79 Å². The van der Waals surface area contributed by atoms with Gasteiger partial charge >= 0.3 is 5.97 Å². The van der Waals surface area contributed by atoms with Crippen molar-refractivity contribution < 1.29 is 22.1 Å². The number of fused-ring (bicyclic) bond motifs is 3. The highest BCUT2D eigenvalue weighted by atomic mass is 32.1. The fourth-order valence-electron chi connectivity index (χ4n) is 5.96. The van der Waals surface area contributed by atoms with Crippen LogP contribution in [0.4, 0.5) is 5.00 Å². The first-order chi connectivity index (χ1) is 15.8. The van der Waals surface area contributed by atoms with Gasteiger partial charge < -0.3 is 14.9 Å². The number of aliphatic carboxylic acids is 1. The quantitative estimate of drug-likeness (QED) is 0.569. The minimum Gasteiger partial charge on any atom is -0.478 e. The van der Waals surface area contributed by atoms with Crippen molar-refractivity contribution >= 4 is 28.2 Å². The molecule has 0 spiro atoms. The fourth-order valence-corrected chi connectivity index (χ4v) is 7.16. The van der Waals surface area contributed by atoms with Gasteiger partial charge in [0.1, 0.15) is 5.00 Å². The zero-order chi connectivity index (χ0) is 22.9. The van der Waals surface area contributed by atoms with Crippen LogP contribution in [0.15, 0.2) is 15.7 Å². The van der Waals surface area contributed by atoms with Gasteiger partial charge in [0.25, 0.3) is 11.8 Å². The molecule has 2 fully saturated rings. The minimum absolute atomic E-state index is 0. The molecule has 7 rings (SSSR count). The molecule has 5 aliphatic carbocycles. The van der Waals surface area contributed by atoms with Crippen LogP contribution in [0.3, 0.4) is 0 Å². The number of carboxylic acids is 1. The van der Waals surface area contributed by atoms with Crippen molar-refractivity contribution in [2.45, 2.75) is 77.6 Å². The summed E-state index contributed by atoms with van der Waals surface area (Å²) in [5, 5.41) is 17.9. The Balaban J connectivity index is 0.00000144. The van der Waals surface area contributed by atoms with Gasteiger partial charge in [-0.3, -0.25) is 4.79 Å². The van der Waals surface area contributed by atoms with Crippen LogP contribution < -0.4 is 5.32 Å². The van der Waals surface area contributed by atoms with Crippen molar-refractivity contribution in [2.24, 2.45) is 17.3 Å². The molecule has 0 radical (unpaired) electrons. The number of hydrogen-bond donors (Lipinski definition) is 2. The van der Waals surface area contributed by atoms with E-state index < -0.39 is 5.97 Å². The Kier molecular flexibility index (Phi) is 4.80. The third-order valence-electron chi connectivity index (χ3n) is 7.91. The number of aryl methyl sites for hydroxylation is 1. The maximum absolute atomic E-state index is 13.5. The van der Waals surface area contributed by atoms with E-state index in [2.05, 4.69) is 24.3 Å². The third kappa shape index (κ3) is 3.63. The summed E-state index contributed by atoms with van der Waals surface area (Å²) in [5.41, 5.74) is 2.99. The number of nitrogens with one attached hydrogen (secondary N) is 1. The number of carbonyl (C=O) groups excluding carboxylic acids is 1. The molecule has 0 saturated heterocycles. The molecule has 0 aliphatic heterocycles. The average molecular weight is 472 g/mol. The van der Waals surface area contributed by atoms with Gasteiger partial charge in [0.15, 0.2) is 5.82 Å². The Morgan fingerprint density at radius 1 is 1.09 bits per heavy atom. The zero-order valence-corrected chi connectivity index (χ0v) is 19.9. The molecule has 178 valence electrons.